The number of anilines is 1. The Morgan fingerprint density at radius 2 is 2.09 bits per heavy atom. The van der Waals surface area contributed by atoms with Crippen molar-refractivity contribution in [2.45, 2.75) is 59.1 Å². The summed E-state index contributed by atoms with van der Waals surface area (Å²) in [5.74, 6) is 1.44. The monoisotopic (exact) mass is 321 g/mol. The Bertz CT molecular complexity index is 444. The molecule has 1 aromatic heterocycles. The maximum Gasteiger partial charge on any atom is 0.0667 e. The first kappa shape index (κ1) is 20.7. The van der Waals surface area contributed by atoms with Gasteiger partial charge in [-0.25, -0.2) is 0 Å². The van der Waals surface area contributed by atoms with E-state index >= 15 is 0 Å². The van der Waals surface area contributed by atoms with Gasteiger partial charge in [0.25, 0.3) is 0 Å². The molecule has 1 aliphatic heterocycles. The molecule has 4 heteroatoms. The molecular formula is C18H31N3S. The van der Waals surface area contributed by atoms with Crippen LogP contribution in [0.4, 0.5) is 5.69 Å². The number of fused-ring (bicyclic) bond motifs is 1. The molecule has 0 aromatic carbocycles. The SMILES string of the molecule is C=N/C=C\SCc1ccc2c(n1)C(C)CCN2.CC.CCC. The van der Waals surface area contributed by atoms with Gasteiger partial charge in [-0.2, -0.15) is 0 Å². The summed E-state index contributed by atoms with van der Waals surface area (Å²) < 4.78 is 0. The summed E-state index contributed by atoms with van der Waals surface area (Å²) in [6.45, 7) is 14.9. The van der Waals surface area contributed by atoms with Crippen LogP contribution in [0.2, 0.25) is 0 Å². The maximum absolute atomic E-state index is 4.73. The molecular weight excluding hydrogens is 290 g/mol. The molecule has 0 radical (unpaired) electrons. The highest BCUT2D eigenvalue weighted by molar-refractivity contribution is 8.01. The van der Waals surface area contributed by atoms with Crippen LogP contribution in [0.5, 0.6) is 0 Å². The van der Waals surface area contributed by atoms with E-state index in [9.17, 15) is 0 Å². The van der Waals surface area contributed by atoms with Crippen molar-refractivity contribution < 1.29 is 0 Å². The molecule has 0 saturated carbocycles. The van der Waals surface area contributed by atoms with Gasteiger partial charge < -0.3 is 5.32 Å². The summed E-state index contributed by atoms with van der Waals surface area (Å²) in [6, 6.07) is 4.23. The molecule has 124 valence electrons. The molecule has 0 spiro atoms. The molecule has 0 aliphatic carbocycles. The number of rotatable bonds is 4. The number of thioether (sulfide) groups is 1. The van der Waals surface area contributed by atoms with Crippen LogP contribution in [0.1, 0.15) is 64.8 Å². The van der Waals surface area contributed by atoms with Crippen LogP contribution >= 0.6 is 11.8 Å². The minimum Gasteiger partial charge on any atom is -0.384 e. The first-order valence-corrected chi connectivity index (χ1v) is 9.23. The van der Waals surface area contributed by atoms with Crippen molar-refractivity contribution in [1.29, 1.82) is 0 Å². The van der Waals surface area contributed by atoms with E-state index in [1.165, 1.54) is 17.8 Å². The smallest absolute Gasteiger partial charge is 0.0667 e. The predicted octanol–water partition coefficient (Wildman–Crippen LogP) is 5.85. The van der Waals surface area contributed by atoms with Gasteiger partial charge in [-0.05, 0) is 30.7 Å². The fraction of sp³-hybridized carbons (Fsp3) is 0.556. The van der Waals surface area contributed by atoms with Crippen molar-refractivity contribution in [2.75, 3.05) is 11.9 Å². The zero-order chi connectivity index (χ0) is 16.8. The molecule has 2 heterocycles. The molecule has 0 bridgehead atoms. The second-order valence-corrected chi connectivity index (χ2v) is 5.73. The number of hydrogen-bond donors (Lipinski definition) is 1. The van der Waals surface area contributed by atoms with Gasteiger partial charge in [-0.3, -0.25) is 9.98 Å². The van der Waals surface area contributed by atoms with Gasteiger partial charge in [-0.15, -0.1) is 11.8 Å². The number of aliphatic imine (C=N–C) groups is 1. The lowest BCUT2D eigenvalue weighted by Crippen LogP contribution is -2.16. The van der Waals surface area contributed by atoms with Gasteiger partial charge in [0.15, 0.2) is 0 Å². The van der Waals surface area contributed by atoms with Crippen molar-refractivity contribution in [3.63, 3.8) is 0 Å². The molecule has 1 aromatic rings. The van der Waals surface area contributed by atoms with Crippen LogP contribution in [-0.2, 0) is 5.75 Å². The largest absolute Gasteiger partial charge is 0.384 e. The van der Waals surface area contributed by atoms with Gasteiger partial charge in [0, 0.05) is 24.4 Å². The lowest BCUT2D eigenvalue weighted by molar-refractivity contribution is 0.659. The minimum atomic E-state index is 0.557. The van der Waals surface area contributed by atoms with Crippen LogP contribution in [0.3, 0.4) is 0 Å². The highest BCUT2D eigenvalue weighted by Crippen LogP contribution is 2.30. The molecule has 1 N–H and O–H groups in total. The van der Waals surface area contributed by atoms with Gasteiger partial charge in [0.1, 0.15) is 0 Å². The van der Waals surface area contributed by atoms with Crippen LogP contribution in [0, 0.1) is 0 Å². The van der Waals surface area contributed by atoms with E-state index in [4.69, 9.17) is 4.98 Å². The number of hydrogen-bond acceptors (Lipinski definition) is 4. The predicted molar refractivity (Wildman–Crippen MR) is 103 cm³/mol. The normalized spacial score (nSPS) is 15.6. The summed E-state index contributed by atoms with van der Waals surface area (Å²) in [5, 5.41) is 5.33. The molecule has 22 heavy (non-hydrogen) atoms. The highest BCUT2D eigenvalue weighted by Gasteiger charge is 2.17. The van der Waals surface area contributed by atoms with Gasteiger partial charge >= 0.3 is 0 Å². The second-order valence-electron chi connectivity index (χ2n) is 4.84. The van der Waals surface area contributed by atoms with E-state index in [0.717, 1.165) is 24.4 Å². The molecule has 1 aliphatic rings. The van der Waals surface area contributed by atoms with Crippen LogP contribution in [0.25, 0.3) is 0 Å². The summed E-state index contributed by atoms with van der Waals surface area (Å²) in [5.41, 5.74) is 3.53. The molecule has 1 unspecified atom stereocenters. The molecule has 0 fully saturated rings. The van der Waals surface area contributed by atoms with Crippen LogP contribution in [0.15, 0.2) is 28.7 Å². The van der Waals surface area contributed by atoms with E-state index in [-0.39, 0.29) is 0 Å². The molecule has 3 nitrogen and oxygen atoms in total. The lowest BCUT2D eigenvalue weighted by Gasteiger charge is -2.23. The third-order valence-electron chi connectivity index (χ3n) is 2.84. The van der Waals surface area contributed by atoms with Crippen molar-refractivity contribution >= 4 is 24.2 Å². The quantitative estimate of drug-likeness (QED) is 0.707. The average Bonchev–Trinajstić information content (AvgIpc) is 2.55. The number of nitrogens with zero attached hydrogens (tertiary/aromatic N) is 2. The van der Waals surface area contributed by atoms with Gasteiger partial charge in [0.05, 0.1) is 17.1 Å². The lowest BCUT2D eigenvalue weighted by atomic mass is 9.98. The molecule has 2 rings (SSSR count). The van der Waals surface area contributed by atoms with Crippen LogP contribution < -0.4 is 5.32 Å². The van der Waals surface area contributed by atoms with Crippen molar-refractivity contribution in [3.05, 3.63) is 35.1 Å². The Hall–Kier alpha value is -1.29. The third-order valence-corrected chi connectivity index (χ3v) is 3.61. The molecule has 1 atom stereocenters. The standard InChI is InChI=1S/C13H17N3S.C3H8.C2H6/c1-10-5-6-15-12-4-3-11(16-13(10)12)9-17-8-7-14-2;1-3-2;1-2/h3-4,7-8,10,15H,2,5-6,9H2,1H3;3H2,1-2H3;1-2H3/b8-7-;;. The molecule has 0 saturated heterocycles. The van der Waals surface area contributed by atoms with Crippen molar-refractivity contribution in [2.24, 2.45) is 4.99 Å². The van der Waals surface area contributed by atoms with Gasteiger partial charge in [0.2, 0.25) is 0 Å². The van der Waals surface area contributed by atoms with Crippen molar-refractivity contribution in [1.82, 2.24) is 4.98 Å². The summed E-state index contributed by atoms with van der Waals surface area (Å²) in [4.78, 5) is 8.40. The fourth-order valence-electron chi connectivity index (χ4n) is 1.90. The topological polar surface area (TPSA) is 37.3 Å². The maximum atomic E-state index is 4.73. The minimum absolute atomic E-state index is 0.557. The Morgan fingerprint density at radius 1 is 1.41 bits per heavy atom. The zero-order valence-corrected chi connectivity index (χ0v) is 15.5. The van der Waals surface area contributed by atoms with Gasteiger partial charge in [-0.1, -0.05) is 41.0 Å². The van der Waals surface area contributed by atoms with Crippen molar-refractivity contribution in [3.8, 4) is 0 Å². The fourth-order valence-corrected chi connectivity index (χ4v) is 2.50. The Balaban J connectivity index is 0.000000789. The Morgan fingerprint density at radius 3 is 2.73 bits per heavy atom. The number of aromatic nitrogens is 1. The number of nitrogens with one attached hydrogen (secondary N) is 1. The van der Waals surface area contributed by atoms with E-state index in [1.54, 1.807) is 18.0 Å². The first-order valence-electron chi connectivity index (χ1n) is 8.19. The summed E-state index contributed by atoms with van der Waals surface area (Å²) in [6.07, 6.45) is 4.12. The van der Waals surface area contributed by atoms with E-state index in [1.807, 2.05) is 19.3 Å². The molecule has 0 amide bonds. The second kappa shape index (κ2) is 13.4. The number of pyridine rings is 1. The Kier molecular flexibility index (Phi) is 12.6. The van der Waals surface area contributed by atoms with E-state index in [0.29, 0.717) is 5.92 Å². The summed E-state index contributed by atoms with van der Waals surface area (Å²) in [7, 11) is 0. The summed E-state index contributed by atoms with van der Waals surface area (Å²) >= 11 is 1.69. The highest BCUT2D eigenvalue weighted by atomic mass is 32.2. The first-order chi connectivity index (χ1) is 10.7. The Labute approximate surface area is 140 Å². The third kappa shape index (κ3) is 7.64. The zero-order valence-electron chi connectivity index (χ0n) is 14.7. The van der Waals surface area contributed by atoms with E-state index in [2.05, 4.69) is 49.9 Å². The average molecular weight is 322 g/mol. The van der Waals surface area contributed by atoms with Crippen LogP contribution in [-0.4, -0.2) is 18.2 Å². The van der Waals surface area contributed by atoms with E-state index < -0.39 is 0 Å².